The lowest BCUT2D eigenvalue weighted by Gasteiger charge is -2.03. The largest absolute Gasteiger partial charge is 0.358 e. The first-order chi connectivity index (χ1) is 11.5. The molecule has 3 rings (SSSR count). The first kappa shape index (κ1) is 15.4. The quantitative estimate of drug-likeness (QED) is 0.550. The summed E-state index contributed by atoms with van der Waals surface area (Å²) in [6.07, 6.45) is 1.74. The minimum Gasteiger partial charge on any atom is -0.358 e. The molecule has 0 spiro atoms. The lowest BCUT2D eigenvalue weighted by atomic mass is 10.1. The second-order valence-corrected chi connectivity index (χ2v) is 5.24. The van der Waals surface area contributed by atoms with Crippen molar-refractivity contribution in [1.29, 1.82) is 0 Å². The molecule has 0 aliphatic rings. The van der Waals surface area contributed by atoms with Crippen LogP contribution < -0.4 is 5.32 Å². The second kappa shape index (κ2) is 6.32. The molecule has 3 aromatic rings. The number of amides is 1. The standard InChI is InChI=1S/C15H14N6O3/c1-10-3-2-4-11(7-10)9-20-6-5-13(19-20)16-15(22)12-8-14(18-17-12)21(23)24/h2-8H,9H2,1H3,(H,17,18)(H,16,19,22). The molecule has 24 heavy (non-hydrogen) atoms. The summed E-state index contributed by atoms with van der Waals surface area (Å²) in [6.45, 7) is 2.59. The first-order valence-corrected chi connectivity index (χ1v) is 7.11. The lowest BCUT2D eigenvalue weighted by molar-refractivity contribution is -0.389. The molecule has 2 heterocycles. The van der Waals surface area contributed by atoms with Gasteiger partial charge in [-0.25, -0.2) is 0 Å². The van der Waals surface area contributed by atoms with E-state index in [1.807, 2.05) is 25.1 Å². The molecule has 0 saturated heterocycles. The minimum atomic E-state index is -0.652. The number of aromatic amines is 1. The van der Waals surface area contributed by atoms with E-state index in [1.54, 1.807) is 16.9 Å². The highest BCUT2D eigenvalue weighted by Gasteiger charge is 2.17. The predicted molar refractivity (Wildman–Crippen MR) is 85.7 cm³/mol. The van der Waals surface area contributed by atoms with E-state index in [0.717, 1.165) is 17.2 Å². The number of nitro groups is 1. The Morgan fingerprint density at radius 2 is 2.21 bits per heavy atom. The molecule has 1 amide bonds. The Balaban J connectivity index is 1.67. The van der Waals surface area contributed by atoms with Crippen molar-refractivity contribution >= 4 is 17.5 Å². The average molecular weight is 326 g/mol. The van der Waals surface area contributed by atoms with Gasteiger partial charge in [0.2, 0.25) is 0 Å². The topological polar surface area (TPSA) is 119 Å². The number of carbonyl (C=O) groups excluding carboxylic acids is 1. The van der Waals surface area contributed by atoms with E-state index in [4.69, 9.17) is 0 Å². The van der Waals surface area contributed by atoms with Crippen LogP contribution in [0, 0.1) is 17.0 Å². The van der Waals surface area contributed by atoms with Crippen LogP contribution in [0.25, 0.3) is 0 Å². The third-order valence-corrected chi connectivity index (χ3v) is 3.30. The van der Waals surface area contributed by atoms with E-state index in [9.17, 15) is 14.9 Å². The maximum atomic E-state index is 12.0. The Bertz CT molecular complexity index is 898. The number of anilines is 1. The molecule has 9 nitrogen and oxygen atoms in total. The Kier molecular flexibility index (Phi) is 4.06. The monoisotopic (exact) mass is 326 g/mol. The zero-order chi connectivity index (χ0) is 17.1. The minimum absolute atomic E-state index is 0.0741. The number of carbonyl (C=O) groups is 1. The van der Waals surface area contributed by atoms with E-state index < -0.39 is 10.8 Å². The molecule has 0 radical (unpaired) electrons. The molecule has 0 bridgehead atoms. The molecule has 9 heteroatoms. The number of nitrogens with one attached hydrogen (secondary N) is 2. The Morgan fingerprint density at radius 3 is 2.92 bits per heavy atom. The van der Waals surface area contributed by atoms with Crippen molar-refractivity contribution in [2.75, 3.05) is 5.32 Å². The Labute approximate surface area is 136 Å². The van der Waals surface area contributed by atoms with Crippen LogP contribution in [-0.4, -0.2) is 30.8 Å². The summed E-state index contributed by atoms with van der Waals surface area (Å²) in [6, 6.07) is 10.8. The van der Waals surface area contributed by atoms with Crippen LogP contribution in [0.1, 0.15) is 21.6 Å². The number of aromatic nitrogens is 4. The van der Waals surface area contributed by atoms with Crippen LogP contribution in [0.2, 0.25) is 0 Å². The second-order valence-electron chi connectivity index (χ2n) is 5.24. The third kappa shape index (κ3) is 3.46. The van der Waals surface area contributed by atoms with Crippen LogP contribution in [0.15, 0.2) is 42.6 Å². The normalized spacial score (nSPS) is 10.5. The van der Waals surface area contributed by atoms with Crippen molar-refractivity contribution in [3.05, 3.63) is 69.5 Å². The lowest BCUT2D eigenvalue weighted by Crippen LogP contribution is -2.13. The summed E-state index contributed by atoms with van der Waals surface area (Å²) >= 11 is 0. The SMILES string of the molecule is Cc1cccc(Cn2ccc(NC(=O)c3cc([N+](=O)[O-])[nH]n3)n2)c1. The fraction of sp³-hybridized carbons (Fsp3) is 0.133. The van der Waals surface area contributed by atoms with E-state index in [2.05, 4.69) is 26.7 Å². The van der Waals surface area contributed by atoms with Crippen molar-refractivity contribution < 1.29 is 9.72 Å². The van der Waals surface area contributed by atoms with Gasteiger partial charge in [-0.05, 0) is 17.4 Å². The zero-order valence-electron chi connectivity index (χ0n) is 12.8. The van der Waals surface area contributed by atoms with Crippen molar-refractivity contribution in [1.82, 2.24) is 20.0 Å². The fourth-order valence-corrected chi connectivity index (χ4v) is 2.22. The highest BCUT2D eigenvalue weighted by Crippen LogP contribution is 2.12. The fourth-order valence-electron chi connectivity index (χ4n) is 2.22. The first-order valence-electron chi connectivity index (χ1n) is 7.11. The third-order valence-electron chi connectivity index (χ3n) is 3.30. The molecule has 0 atom stereocenters. The van der Waals surface area contributed by atoms with E-state index in [-0.39, 0.29) is 11.5 Å². The van der Waals surface area contributed by atoms with Gasteiger partial charge in [-0.2, -0.15) is 5.10 Å². The molecule has 0 saturated carbocycles. The van der Waals surface area contributed by atoms with Crippen molar-refractivity contribution in [3.8, 4) is 0 Å². The van der Waals surface area contributed by atoms with Crippen molar-refractivity contribution in [2.45, 2.75) is 13.5 Å². The van der Waals surface area contributed by atoms with E-state index in [1.165, 1.54) is 0 Å². The molecule has 0 fully saturated rings. The van der Waals surface area contributed by atoms with Crippen molar-refractivity contribution in [3.63, 3.8) is 0 Å². The van der Waals surface area contributed by atoms with Gasteiger partial charge in [-0.15, -0.1) is 5.10 Å². The van der Waals surface area contributed by atoms with Crippen molar-refractivity contribution in [2.24, 2.45) is 0 Å². The van der Waals surface area contributed by atoms with Crippen LogP contribution >= 0.6 is 0 Å². The van der Waals surface area contributed by atoms with E-state index in [0.29, 0.717) is 12.4 Å². The van der Waals surface area contributed by atoms with Gasteiger partial charge >= 0.3 is 5.82 Å². The number of H-pyrrole nitrogens is 1. The Morgan fingerprint density at radius 1 is 1.38 bits per heavy atom. The number of benzene rings is 1. The van der Waals surface area contributed by atoms with Gasteiger partial charge in [0.1, 0.15) is 0 Å². The van der Waals surface area contributed by atoms with Gasteiger partial charge < -0.3 is 15.4 Å². The van der Waals surface area contributed by atoms with E-state index >= 15 is 0 Å². The van der Waals surface area contributed by atoms with Gasteiger partial charge in [0.05, 0.1) is 12.6 Å². The highest BCUT2D eigenvalue weighted by molar-refractivity contribution is 6.02. The number of nitrogens with zero attached hydrogens (tertiary/aromatic N) is 4. The summed E-state index contributed by atoms with van der Waals surface area (Å²) in [5.74, 6) is -0.566. The summed E-state index contributed by atoms with van der Waals surface area (Å²) in [4.78, 5) is 21.9. The highest BCUT2D eigenvalue weighted by atomic mass is 16.6. The molecule has 122 valence electrons. The Hall–Kier alpha value is -3.49. The predicted octanol–water partition coefficient (Wildman–Crippen LogP) is 2.12. The number of rotatable bonds is 5. The summed E-state index contributed by atoms with van der Waals surface area (Å²) in [5, 5.41) is 23.2. The van der Waals surface area contributed by atoms with Gasteiger partial charge in [0.15, 0.2) is 11.5 Å². The smallest absolute Gasteiger partial charge is 0.343 e. The maximum absolute atomic E-state index is 12.0. The van der Waals surface area contributed by atoms with Crippen LogP contribution in [-0.2, 0) is 6.54 Å². The van der Waals surface area contributed by atoms with Crippen LogP contribution in [0.5, 0.6) is 0 Å². The summed E-state index contributed by atoms with van der Waals surface area (Å²) in [5.41, 5.74) is 2.18. The summed E-state index contributed by atoms with van der Waals surface area (Å²) in [7, 11) is 0. The average Bonchev–Trinajstić information content (AvgIpc) is 3.17. The van der Waals surface area contributed by atoms with Gasteiger partial charge in [0, 0.05) is 12.3 Å². The molecular formula is C15H14N6O3. The van der Waals surface area contributed by atoms with Crippen LogP contribution in [0.3, 0.4) is 0 Å². The molecule has 0 unspecified atom stereocenters. The number of hydrogen-bond donors (Lipinski definition) is 2. The molecular weight excluding hydrogens is 312 g/mol. The molecule has 0 aliphatic carbocycles. The molecule has 2 aromatic heterocycles. The van der Waals surface area contributed by atoms with Crippen LogP contribution in [0.4, 0.5) is 11.6 Å². The summed E-state index contributed by atoms with van der Waals surface area (Å²) < 4.78 is 1.69. The van der Waals surface area contributed by atoms with Gasteiger partial charge in [0.25, 0.3) is 5.91 Å². The molecule has 0 aliphatic heterocycles. The van der Waals surface area contributed by atoms with Gasteiger partial charge in [-0.1, -0.05) is 34.9 Å². The zero-order valence-corrected chi connectivity index (χ0v) is 12.8. The number of hydrogen-bond acceptors (Lipinski definition) is 5. The number of aryl methyl sites for hydroxylation is 1. The van der Waals surface area contributed by atoms with Gasteiger partial charge in [-0.3, -0.25) is 9.48 Å². The molecule has 1 aromatic carbocycles. The maximum Gasteiger partial charge on any atom is 0.343 e. The molecule has 2 N–H and O–H groups in total.